The molecule has 21 heavy (non-hydrogen) atoms. The van der Waals surface area contributed by atoms with Gasteiger partial charge in [0.15, 0.2) is 5.16 Å². The first kappa shape index (κ1) is 14.7. The van der Waals surface area contributed by atoms with Crippen LogP contribution in [-0.4, -0.2) is 19.8 Å². The molecule has 0 saturated carbocycles. The van der Waals surface area contributed by atoms with E-state index in [-0.39, 0.29) is 5.56 Å². The highest BCUT2D eigenvalue weighted by atomic mass is 32.2. The average molecular weight is 319 g/mol. The van der Waals surface area contributed by atoms with E-state index in [4.69, 9.17) is 4.98 Å². The molecule has 1 atom stereocenters. The van der Waals surface area contributed by atoms with Gasteiger partial charge in [-0.1, -0.05) is 24.8 Å². The Morgan fingerprint density at radius 3 is 3.10 bits per heavy atom. The molecule has 6 heteroatoms. The van der Waals surface area contributed by atoms with Crippen molar-refractivity contribution in [2.75, 3.05) is 0 Å². The number of pyridine rings is 1. The lowest BCUT2D eigenvalue weighted by atomic mass is 10.2. The van der Waals surface area contributed by atoms with Gasteiger partial charge in [-0.2, -0.15) is 0 Å². The van der Waals surface area contributed by atoms with Crippen LogP contribution in [0.15, 0.2) is 39.4 Å². The third-order valence-corrected chi connectivity index (χ3v) is 5.63. The van der Waals surface area contributed by atoms with Crippen molar-refractivity contribution in [2.45, 2.75) is 47.9 Å². The van der Waals surface area contributed by atoms with E-state index in [9.17, 15) is 4.79 Å². The Kier molecular flexibility index (Phi) is 4.35. The molecule has 4 nitrogen and oxygen atoms in total. The van der Waals surface area contributed by atoms with Crippen molar-refractivity contribution in [2.24, 2.45) is 0 Å². The van der Waals surface area contributed by atoms with Gasteiger partial charge in [-0.15, -0.1) is 11.8 Å². The maximum atomic E-state index is 12.5. The molecule has 1 unspecified atom stereocenters. The molecule has 2 aromatic rings. The second-order valence-electron chi connectivity index (χ2n) is 5.00. The molecule has 0 amide bonds. The van der Waals surface area contributed by atoms with Crippen molar-refractivity contribution in [3.8, 4) is 0 Å². The van der Waals surface area contributed by atoms with Crippen LogP contribution in [0.25, 0.3) is 0 Å². The van der Waals surface area contributed by atoms with Crippen molar-refractivity contribution in [3.63, 3.8) is 0 Å². The highest BCUT2D eigenvalue weighted by Gasteiger charge is 2.25. The summed E-state index contributed by atoms with van der Waals surface area (Å²) in [6.45, 7) is 4.79. The summed E-state index contributed by atoms with van der Waals surface area (Å²) < 4.78 is 1.78. The number of hydrogen-bond donors (Lipinski definition) is 0. The Balaban J connectivity index is 1.90. The van der Waals surface area contributed by atoms with E-state index < -0.39 is 0 Å². The van der Waals surface area contributed by atoms with Crippen LogP contribution >= 0.6 is 23.5 Å². The van der Waals surface area contributed by atoms with Crippen LogP contribution in [0, 0.1) is 0 Å². The van der Waals surface area contributed by atoms with Gasteiger partial charge < -0.3 is 0 Å². The normalized spacial score (nSPS) is 17.0. The molecule has 110 valence electrons. The van der Waals surface area contributed by atoms with E-state index in [0.717, 1.165) is 33.5 Å². The second-order valence-corrected chi connectivity index (χ2v) is 7.39. The molecule has 0 saturated heterocycles. The number of hydrogen-bond acceptors (Lipinski definition) is 5. The standard InChI is InChI=1S/C15H17N3OS2/c1-3-18-14(19)13-12(7-10(2)21-13)17-15(18)20-9-11-5-4-6-16-8-11/h4-6,8,10H,3,7,9H2,1-2H3. The van der Waals surface area contributed by atoms with Crippen LogP contribution in [0.3, 0.4) is 0 Å². The van der Waals surface area contributed by atoms with Crippen LogP contribution in [0.4, 0.5) is 0 Å². The average Bonchev–Trinajstić information content (AvgIpc) is 2.87. The van der Waals surface area contributed by atoms with Gasteiger partial charge in [0.2, 0.25) is 0 Å². The maximum absolute atomic E-state index is 12.5. The lowest BCUT2D eigenvalue weighted by molar-refractivity contribution is 0.595. The molecular formula is C15H17N3OS2. The molecule has 0 radical (unpaired) electrons. The van der Waals surface area contributed by atoms with Gasteiger partial charge in [-0.05, 0) is 18.6 Å². The zero-order valence-corrected chi connectivity index (χ0v) is 13.7. The minimum Gasteiger partial charge on any atom is -0.287 e. The lowest BCUT2D eigenvalue weighted by Gasteiger charge is -2.11. The van der Waals surface area contributed by atoms with Crippen LogP contribution in [0.5, 0.6) is 0 Å². The van der Waals surface area contributed by atoms with Crippen LogP contribution < -0.4 is 5.56 Å². The summed E-state index contributed by atoms with van der Waals surface area (Å²) >= 11 is 3.26. The molecule has 3 heterocycles. The summed E-state index contributed by atoms with van der Waals surface area (Å²) in [4.78, 5) is 22.2. The fourth-order valence-corrected chi connectivity index (χ4v) is 4.48. The molecule has 3 rings (SSSR count). The summed E-state index contributed by atoms with van der Waals surface area (Å²) in [6.07, 6.45) is 4.51. The highest BCUT2D eigenvalue weighted by molar-refractivity contribution is 8.00. The van der Waals surface area contributed by atoms with E-state index in [1.165, 1.54) is 0 Å². The maximum Gasteiger partial charge on any atom is 0.268 e. The van der Waals surface area contributed by atoms with Gasteiger partial charge in [0.25, 0.3) is 5.56 Å². The van der Waals surface area contributed by atoms with Gasteiger partial charge in [0, 0.05) is 36.4 Å². The van der Waals surface area contributed by atoms with E-state index in [1.54, 1.807) is 34.3 Å². The molecule has 0 bridgehead atoms. The second kappa shape index (κ2) is 6.23. The first-order valence-electron chi connectivity index (χ1n) is 7.01. The van der Waals surface area contributed by atoms with Crippen LogP contribution in [-0.2, 0) is 18.7 Å². The van der Waals surface area contributed by atoms with Crippen molar-refractivity contribution in [1.82, 2.24) is 14.5 Å². The van der Waals surface area contributed by atoms with E-state index >= 15 is 0 Å². The zero-order chi connectivity index (χ0) is 14.8. The molecule has 2 aromatic heterocycles. The smallest absolute Gasteiger partial charge is 0.268 e. The quantitative estimate of drug-likeness (QED) is 0.640. The molecule has 0 aliphatic carbocycles. The monoisotopic (exact) mass is 319 g/mol. The number of thioether (sulfide) groups is 2. The summed E-state index contributed by atoms with van der Waals surface area (Å²) in [5, 5.41) is 1.27. The van der Waals surface area contributed by atoms with Crippen LogP contribution in [0.1, 0.15) is 25.1 Å². The summed E-state index contributed by atoms with van der Waals surface area (Å²) in [6, 6.07) is 3.97. The Morgan fingerprint density at radius 1 is 1.52 bits per heavy atom. The topological polar surface area (TPSA) is 47.8 Å². The number of nitrogens with zero attached hydrogens (tertiary/aromatic N) is 3. The number of aromatic nitrogens is 3. The summed E-state index contributed by atoms with van der Waals surface area (Å²) in [5.41, 5.74) is 2.23. The van der Waals surface area contributed by atoms with E-state index in [1.807, 2.05) is 25.3 Å². The Labute approximate surface area is 132 Å². The SMILES string of the molecule is CCn1c(SCc2cccnc2)nc2c(c1=O)SC(C)C2. The molecule has 0 spiro atoms. The largest absolute Gasteiger partial charge is 0.287 e. The summed E-state index contributed by atoms with van der Waals surface area (Å²) in [5.74, 6) is 0.780. The van der Waals surface area contributed by atoms with Crippen LogP contribution in [0.2, 0.25) is 0 Å². The predicted molar refractivity (Wildman–Crippen MR) is 87.0 cm³/mol. The number of rotatable bonds is 4. The fourth-order valence-electron chi connectivity index (χ4n) is 2.35. The minimum absolute atomic E-state index is 0.116. The summed E-state index contributed by atoms with van der Waals surface area (Å²) in [7, 11) is 0. The molecule has 1 aliphatic rings. The number of fused-ring (bicyclic) bond motifs is 1. The molecule has 0 N–H and O–H groups in total. The van der Waals surface area contributed by atoms with Crippen molar-refractivity contribution < 1.29 is 0 Å². The minimum atomic E-state index is 0.116. The van der Waals surface area contributed by atoms with E-state index in [2.05, 4.69) is 11.9 Å². The Morgan fingerprint density at radius 2 is 2.38 bits per heavy atom. The first-order valence-corrected chi connectivity index (χ1v) is 8.87. The lowest BCUT2D eigenvalue weighted by Crippen LogP contribution is -2.24. The fraction of sp³-hybridized carbons (Fsp3) is 0.400. The molecule has 1 aliphatic heterocycles. The molecule has 0 aromatic carbocycles. The van der Waals surface area contributed by atoms with Gasteiger partial charge in [0.1, 0.15) is 0 Å². The predicted octanol–water partition coefficient (Wildman–Crippen LogP) is 2.99. The molecular weight excluding hydrogens is 302 g/mol. The third-order valence-electron chi connectivity index (χ3n) is 3.37. The van der Waals surface area contributed by atoms with E-state index in [0.29, 0.717) is 11.8 Å². The van der Waals surface area contributed by atoms with Gasteiger partial charge in [0.05, 0.1) is 10.6 Å². The van der Waals surface area contributed by atoms with Gasteiger partial charge >= 0.3 is 0 Å². The van der Waals surface area contributed by atoms with Crippen molar-refractivity contribution in [3.05, 3.63) is 46.1 Å². The Hall–Kier alpha value is -1.27. The third kappa shape index (κ3) is 3.01. The van der Waals surface area contributed by atoms with Crippen molar-refractivity contribution in [1.29, 1.82) is 0 Å². The first-order chi connectivity index (χ1) is 10.2. The van der Waals surface area contributed by atoms with Crippen molar-refractivity contribution >= 4 is 23.5 Å². The molecule has 0 fully saturated rings. The van der Waals surface area contributed by atoms with Gasteiger partial charge in [-0.3, -0.25) is 14.3 Å². The highest BCUT2D eigenvalue weighted by Crippen LogP contribution is 2.34. The zero-order valence-electron chi connectivity index (χ0n) is 12.1. The van der Waals surface area contributed by atoms with Gasteiger partial charge in [-0.25, -0.2) is 4.98 Å². The Bertz CT molecular complexity index is 700.